The van der Waals surface area contributed by atoms with Crippen molar-refractivity contribution < 1.29 is 18.0 Å². The first-order chi connectivity index (χ1) is 18.0. The standard InChI is InChI=1S/C30H37N3O4S/c1-7-27(30(35)31-6)32(19-25-14-9-21(2)10-15-25)29(34)20-33(28-18-23(4)8-13-24(28)5)38(36,37)26-16-11-22(3)12-17-26/h8-18,27H,7,19-20H2,1-6H3,(H,31,35)/t27-/m1/s1. The van der Waals surface area contributed by atoms with E-state index in [2.05, 4.69) is 5.32 Å². The summed E-state index contributed by atoms with van der Waals surface area (Å²) in [5.41, 5.74) is 4.89. The van der Waals surface area contributed by atoms with Crippen LogP contribution in [0.1, 0.15) is 41.2 Å². The number of benzene rings is 3. The Morgan fingerprint density at radius 1 is 0.842 bits per heavy atom. The van der Waals surface area contributed by atoms with Gasteiger partial charge in [0.1, 0.15) is 12.6 Å². The molecule has 2 amide bonds. The number of carbonyl (C=O) groups excluding carboxylic acids is 2. The number of amides is 2. The van der Waals surface area contributed by atoms with Crippen LogP contribution in [0.3, 0.4) is 0 Å². The number of nitrogens with one attached hydrogen (secondary N) is 1. The van der Waals surface area contributed by atoms with Crippen molar-refractivity contribution in [1.29, 1.82) is 0 Å². The van der Waals surface area contributed by atoms with E-state index < -0.39 is 28.5 Å². The number of anilines is 1. The Bertz CT molecular complexity index is 1380. The van der Waals surface area contributed by atoms with Crippen LogP contribution in [-0.4, -0.2) is 44.8 Å². The topological polar surface area (TPSA) is 86.8 Å². The Balaban J connectivity index is 2.10. The van der Waals surface area contributed by atoms with Gasteiger partial charge in [-0.2, -0.15) is 0 Å². The van der Waals surface area contributed by atoms with Crippen molar-refractivity contribution >= 4 is 27.5 Å². The number of likely N-dealkylation sites (N-methyl/N-ethyl adjacent to an activating group) is 1. The zero-order chi connectivity index (χ0) is 28.0. The van der Waals surface area contributed by atoms with Crippen LogP contribution in [-0.2, 0) is 26.2 Å². The zero-order valence-corrected chi connectivity index (χ0v) is 23.8. The minimum absolute atomic E-state index is 0.0974. The lowest BCUT2D eigenvalue weighted by atomic mass is 10.1. The number of aryl methyl sites for hydroxylation is 4. The number of sulfonamides is 1. The SMILES string of the molecule is CC[C@H](C(=O)NC)N(Cc1ccc(C)cc1)C(=O)CN(c1cc(C)ccc1C)S(=O)(=O)c1ccc(C)cc1. The van der Waals surface area contributed by atoms with E-state index in [4.69, 9.17) is 0 Å². The minimum Gasteiger partial charge on any atom is -0.357 e. The first kappa shape index (κ1) is 28.9. The molecule has 7 nitrogen and oxygen atoms in total. The predicted octanol–water partition coefficient (Wildman–Crippen LogP) is 4.67. The van der Waals surface area contributed by atoms with Gasteiger partial charge in [-0.3, -0.25) is 13.9 Å². The van der Waals surface area contributed by atoms with Gasteiger partial charge in [0.2, 0.25) is 11.8 Å². The molecule has 8 heteroatoms. The van der Waals surface area contributed by atoms with E-state index in [0.717, 1.165) is 27.8 Å². The molecule has 0 saturated heterocycles. The minimum atomic E-state index is -4.09. The van der Waals surface area contributed by atoms with Crippen LogP contribution in [0.25, 0.3) is 0 Å². The molecule has 0 spiro atoms. The summed E-state index contributed by atoms with van der Waals surface area (Å²) in [6.07, 6.45) is 0.380. The van der Waals surface area contributed by atoms with Crippen molar-refractivity contribution in [3.8, 4) is 0 Å². The van der Waals surface area contributed by atoms with Gasteiger partial charge >= 0.3 is 0 Å². The average molecular weight is 536 g/mol. The molecule has 0 aliphatic carbocycles. The highest BCUT2D eigenvalue weighted by Gasteiger charge is 2.34. The Morgan fingerprint density at radius 2 is 1.39 bits per heavy atom. The van der Waals surface area contributed by atoms with E-state index in [-0.39, 0.29) is 17.3 Å². The van der Waals surface area contributed by atoms with Crippen LogP contribution in [0.2, 0.25) is 0 Å². The molecule has 3 rings (SSSR count). The lowest BCUT2D eigenvalue weighted by Crippen LogP contribution is -2.51. The maximum Gasteiger partial charge on any atom is 0.264 e. The monoisotopic (exact) mass is 535 g/mol. The van der Waals surface area contributed by atoms with Gasteiger partial charge in [-0.05, 0) is 69.0 Å². The molecular formula is C30H37N3O4S. The fourth-order valence-corrected chi connectivity index (χ4v) is 5.79. The van der Waals surface area contributed by atoms with Crippen molar-refractivity contribution in [3.63, 3.8) is 0 Å². The quantitative estimate of drug-likeness (QED) is 0.409. The molecular weight excluding hydrogens is 498 g/mol. The molecule has 0 fully saturated rings. The number of rotatable bonds is 10. The van der Waals surface area contributed by atoms with Crippen molar-refractivity contribution in [1.82, 2.24) is 10.2 Å². The summed E-state index contributed by atoms with van der Waals surface area (Å²) in [4.78, 5) is 28.4. The number of hydrogen-bond acceptors (Lipinski definition) is 4. The van der Waals surface area contributed by atoms with Crippen LogP contribution in [0.5, 0.6) is 0 Å². The van der Waals surface area contributed by atoms with Crippen LogP contribution < -0.4 is 9.62 Å². The van der Waals surface area contributed by atoms with Crippen LogP contribution in [0, 0.1) is 27.7 Å². The molecule has 0 saturated carbocycles. The Hall–Kier alpha value is -3.65. The summed E-state index contributed by atoms with van der Waals surface area (Å²) in [5, 5.41) is 2.64. The second-order valence-electron chi connectivity index (χ2n) is 9.66. The van der Waals surface area contributed by atoms with Crippen LogP contribution in [0.4, 0.5) is 5.69 Å². The first-order valence-corrected chi connectivity index (χ1v) is 14.1. The molecule has 0 radical (unpaired) electrons. The summed E-state index contributed by atoms with van der Waals surface area (Å²) in [6, 6.07) is 19.1. The van der Waals surface area contributed by atoms with Gasteiger partial charge in [0.15, 0.2) is 0 Å². The van der Waals surface area contributed by atoms with E-state index in [1.54, 1.807) is 30.3 Å². The van der Waals surface area contributed by atoms with E-state index in [1.807, 2.05) is 71.0 Å². The normalized spacial score (nSPS) is 12.1. The fraction of sp³-hybridized carbons (Fsp3) is 0.333. The predicted molar refractivity (Wildman–Crippen MR) is 152 cm³/mol. The van der Waals surface area contributed by atoms with Crippen molar-refractivity contribution in [3.05, 3.63) is 94.5 Å². The third-order valence-electron chi connectivity index (χ3n) is 6.63. The second-order valence-corrected chi connectivity index (χ2v) is 11.5. The van der Waals surface area contributed by atoms with Gasteiger partial charge in [-0.25, -0.2) is 8.42 Å². The van der Waals surface area contributed by atoms with Crippen molar-refractivity contribution in [2.45, 2.75) is 58.5 Å². The van der Waals surface area contributed by atoms with E-state index in [9.17, 15) is 18.0 Å². The number of hydrogen-bond donors (Lipinski definition) is 1. The molecule has 0 bridgehead atoms. The fourth-order valence-electron chi connectivity index (χ4n) is 4.32. The summed E-state index contributed by atoms with van der Waals surface area (Å²) < 4.78 is 29.1. The lowest BCUT2D eigenvalue weighted by Gasteiger charge is -2.33. The molecule has 0 heterocycles. The molecule has 3 aromatic carbocycles. The Labute approximate surface area is 226 Å². The van der Waals surface area contributed by atoms with E-state index in [0.29, 0.717) is 12.1 Å². The maximum absolute atomic E-state index is 14.0. The average Bonchev–Trinajstić information content (AvgIpc) is 2.89. The van der Waals surface area contributed by atoms with Gasteiger partial charge in [-0.15, -0.1) is 0 Å². The summed E-state index contributed by atoms with van der Waals surface area (Å²) in [7, 11) is -2.56. The number of nitrogens with zero attached hydrogens (tertiary/aromatic N) is 2. The van der Waals surface area contributed by atoms with Gasteiger partial charge in [0, 0.05) is 13.6 Å². The Kier molecular flexibility index (Phi) is 9.33. The largest absolute Gasteiger partial charge is 0.357 e. The molecule has 1 atom stereocenters. The van der Waals surface area contributed by atoms with Crippen molar-refractivity contribution in [2.75, 3.05) is 17.9 Å². The summed E-state index contributed by atoms with van der Waals surface area (Å²) >= 11 is 0. The van der Waals surface area contributed by atoms with Gasteiger partial charge in [0.25, 0.3) is 10.0 Å². The van der Waals surface area contributed by atoms with Crippen LogP contribution >= 0.6 is 0 Å². The second kappa shape index (κ2) is 12.3. The van der Waals surface area contributed by atoms with E-state index in [1.165, 1.54) is 16.3 Å². The third kappa shape index (κ3) is 6.61. The summed E-state index contributed by atoms with van der Waals surface area (Å²) in [6.45, 7) is 9.13. The highest BCUT2D eigenvalue weighted by molar-refractivity contribution is 7.92. The molecule has 0 unspecified atom stereocenters. The molecule has 38 heavy (non-hydrogen) atoms. The molecule has 0 aliphatic heterocycles. The first-order valence-electron chi connectivity index (χ1n) is 12.7. The van der Waals surface area contributed by atoms with Gasteiger partial charge < -0.3 is 10.2 Å². The number of carbonyl (C=O) groups is 2. The highest BCUT2D eigenvalue weighted by atomic mass is 32.2. The van der Waals surface area contributed by atoms with Crippen molar-refractivity contribution in [2.24, 2.45) is 0 Å². The van der Waals surface area contributed by atoms with Crippen LogP contribution in [0.15, 0.2) is 71.6 Å². The molecule has 3 aromatic rings. The van der Waals surface area contributed by atoms with E-state index >= 15 is 0 Å². The third-order valence-corrected chi connectivity index (χ3v) is 8.40. The highest BCUT2D eigenvalue weighted by Crippen LogP contribution is 2.29. The smallest absolute Gasteiger partial charge is 0.264 e. The summed E-state index contributed by atoms with van der Waals surface area (Å²) in [5.74, 6) is -0.759. The molecule has 1 N–H and O–H groups in total. The lowest BCUT2D eigenvalue weighted by molar-refractivity contribution is -0.140. The maximum atomic E-state index is 14.0. The van der Waals surface area contributed by atoms with Gasteiger partial charge in [-0.1, -0.05) is 66.6 Å². The Morgan fingerprint density at radius 3 is 1.95 bits per heavy atom. The molecule has 0 aliphatic rings. The molecule has 202 valence electrons. The van der Waals surface area contributed by atoms with Gasteiger partial charge in [0.05, 0.1) is 10.6 Å². The molecule has 0 aromatic heterocycles. The zero-order valence-electron chi connectivity index (χ0n) is 23.0.